The van der Waals surface area contributed by atoms with Crippen molar-refractivity contribution in [3.63, 3.8) is 0 Å². The van der Waals surface area contributed by atoms with E-state index < -0.39 is 5.92 Å². The second kappa shape index (κ2) is 15.1. The molecule has 0 spiro atoms. The van der Waals surface area contributed by atoms with Crippen LogP contribution in [0.3, 0.4) is 0 Å². The molecule has 1 atom stereocenters. The molecule has 10 nitrogen and oxygen atoms in total. The molecule has 0 aliphatic carbocycles. The van der Waals surface area contributed by atoms with Crippen molar-refractivity contribution in [1.82, 2.24) is 24.5 Å². The van der Waals surface area contributed by atoms with Crippen molar-refractivity contribution >= 4 is 52.2 Å². The van der Waals surface area contributed by atoms with Crippen LogP contribution in [-0.4, -0.2) is 114 Å². The van der Waals surface area contributed by atoms with Crippen LogP contribution in [-0.2, 0) is 29.0 Å². The first-order valence-electron chi connectivity index (χ1n) is 17.4. The van der Waals surface area contributed by atoms with Crippen molar-refractivity contribution in [1.29, 1.82) is 0 Å². The Hall–Kier alpha value is -2.86. The minimum absolute atomic E-state index is 0.00580. The first kappa shape index (κ1) is 34.0. The number of nitrogens with two attached hydrogens (primary N) is 1. The van der Waals surface area contributed by atoms with Gasteiger partial charge in [0.25, 0.3) is 0 Å². The molecule has 5 heterocycles. The zero-order valence-corrected chi connectivity index (χ0v) is 29.5. The van der Waals surface area contributed by atoms with Crippen LogP contribution in [0.4, 0.5) is 16.2 Å². The molecular weight excluding hydrogens is 634 g/mol. The highest BCUT2D eigenvalue weighted by atomic mass is 35.5. The predicted molar refractivity (Wildman–Crippen MR) is 189 cm³/mol. The van der Waals surface area contributed by atoms with Gasteiger partial charge in [-0.3, -0.25) is 14.5 Å². The average molecular weight is 684 g/mol. The summed E-state index contributed by atoms with van der Waals surface area (Å²) >= 11 is 8.18. The van der Waals surface area contributed by atoms with E-state index in [4.69, 9.17) is 17.3 Å². The predicted octanol–water partition coefficient (Wildman–Crippen LogP) is 4.76. The molecule has 2 aromatic rings. The molecule has 3 N–H and O–H groups in total. The number of likely N-dealkylation sites (tertiary alicyclic amines) is 2. The number of piperidine rings is 2. The van der Waals surface area contributed by atoms with Crippen LogP contribution < -0.4 is 11.1 Å². The van der Waals surface area contributed by atoms with Crippen molar-refractivity contribution in [2.24, 2.45) is 5.92 Å². The highest BCUT2D eigenvalue weighted by Crippen LogP contribution is 2.32. The Balaban J connectivity index is 1.10. The minimum Gasteiger partial charge on any atom is -0.397 e. The third kappa shape index (κ3) is 7.90. The van der Waals surface area contributed by atoms with Crippen LogP contribution in [0, 0.1) is 5.92 Å². The molecule has 3 saturated heterocycles. The third-order valence-corrected chi connectivity index (χ3v) is 12.0. The fraction of sp³-hybridized carbons (Fsp3) is 0.629. The lowest BCUT2D eigenvalue weighted by Crippen LogP contribution is -2.51. The summed E-state index contributed by atoms with van der Waals surface area (Å²) in [7, 11) is 2.19. The highest BCUT2D eigenvalue weighted by molar-refractivity contribution is 7.10. The first-order chi connectivity index (χ1) is 22.7. The lowest BCUT2D eigenvalue weighted by atomic mass is 9.91. The van der Waals surface area contributed by atoms with Crippen molar-refractivity contribution in [2.45, 2.75) is 76.9 Å². The van der Waals surface area contributed by atoms with Crippen molar-refractivity contribution in [3.05, 3.63) is 44.6 Å². The molecule has 6 rings (SSSR count). The van der Waals surface area contributed by atoms with Gasteiger partial charge in [0, 0.05) is 62.7 Å². The normalized spacial score (nSPS) is 21.3. The summed E-state index contributed by atoms with van der Waals surface area (Å²) in [6, 6.07) is 6.38. The Morgan fingerprint density at radius 1 is 1.00 bits per heavy atom. The van der Waals surface area contributed by atoms with Crippen molar-refractivity contribution in [2.75, 3.05) is 70.5 Å². The standard InChI is InChI=1S/C35H50ClN7O3S/c1-3-25-19-24(21-29(36)33(25)37)20-26(34(45)42-14-5-27(6-15-42)40-11-4-10-39(2)16-17-40)22-32(44)41-12-7-28(8-13-41)43-23-31-30(9-18-47-31)38-35(43)46/h9,18-19,21,26-28H,3-8,10-17,20,22-23,37H2,1-2H3,(H,38,46)/t26-/m0/s1. The first-order valence-corrected chi connectivity index (χ1v) is 18.7. The summed E-state index contributed by atoms with van der Waals surface area (Å²) in [6.07, 6.45) is 5.92. The Kier molecular flexibility index (Phi) is 11.0. The number of carbonyl (C=O) groups is 3. The summed E-state index contributed by atoms with van der Waals surface area (Å²) in [6.45, 7) is 9.68. The number of rotatable bonds is 8. The molecular formula is C35H50ClN7O3S. The summed E-state index contributed by atoms with van der Waals surface area (Å²) in [5.74, 6) is -0.408. The number of benzene rings is 1. The number of nitrogens with zero attached hydrogens (tertiary/aromatic N) is 5. The van der Waals surface area contributed by atoms with E-state index in [1.165, 1.54) is 11.3 Å². The van der Waals surface area contributed by atoms with E-state index in [2.05, 4.69) is 22.2 Å². The van der Waals surface area contributed by atoms with Gasteiger partial charge in [0.1, 0.15) is 0 Å². The quantitative estimate of drug-likeness (QED) is 0.389. The van der Waals surface area contributed by atoms with Crippen LogP contribution in [0.1, 0.15) is 61.5 Å². The fourth-order valence-corrected chi connectivity index (χ4v) is 8.96. The van der Waals surface area contributed by atoms with Gasteiger partial charge < -0.3 is 30.7 Å². The number of amides is 4. The van der Waals surface area contributed by atoms with Crippen molar-refractivity contribution in [3.8, 4) is 0 Å². The maximum Gasteiger partial charge on any atom is 0.322 e. The summed E-state index contributed by atoms with van der Waals surface area (Å²) in [4.78, 5) is 52.9. The van der Waals surface area contributed by atoms with E-state index >= 15 is 0 Å². The molecule has 4 amide bonds. The van der Waals surface area contributed by atoms with Crippen LogP contribution >= 0.6 is 22.9 Å². The second-order valence-corrected chi connectivity index (χ2v) is 15.2. The molecule has 12 heteroatoms. The largest absolute Gasteiger partial charge is 0.397 e. The van der Waals surface area contributed by atoms with E-state index in [1.807, 2.05) is 45.2 Å². The van der Waals surface area contributed by atoms with Crippen LogP contribution in [0.15, 0.2) is 23.6 Å². The van der Waals surface area contributed by atoms with E-state index in [1.54, 1.807) is 11.3 Å². The average Bonchev–Trinajstić information content (AvgIpc) is 3.42. The zero-order valence-electron chi connectivity index (χ0n) is 27.9. The van der Waals surface area contributed by atoms with E-state index in [-0.39, 0.29) is 30.3 Å². The maximum atomic E-state index is 14.2. The number of hydrogen-bond acceptors (Lipinski definition) is 7. The number of fused-ring (bicyclic) bond motifs is 1. The molecule has 0 unspecified atom stereocenters. The zero-order chi connectivity index (χ0) is 33.1. The number of nitrogen functional groups attached to an aromatic ring is 1. The minimum atomic E-state index is -0.474. The SMILES string of the molecule is CCc1cc(C[C@@H](CC(=O)N2CCC(N3Cc4sccc4NC3=O)CC2)C(=O)N2CCC(N3CCCN(C)CC3)CC2)cc(Cl)c1N. The number of halogens is 1. The monoisotopic (exact) mass is 683 g/mol. The Morgan fingerprint density at radius 3 is 2.47 bits per heavy atom. The summed E-state index contributed by atoms with van der Waals surface area (Å²) < 4.78 is 0. The number of nitrogens with one attached hydrogen (secondary N) is 1. The second-order valence-electron chi connectivity index (χ2n) is 13.8. The van der Waals surface area contributed by atoms with E-state index in [0.717, 1.165) is 88.2 Å². The Morgan fingerprint density at radius 2 is 1.72 bits per heavy atom. The molecule has 1 aromatic heterocycles. The molecule has 0 radical (unpaired) electrons. The maximum absolute atomic E-state index is 14.2. The number of carbonyl (C=O) groups excluding carboxylic acids is 3. The number of aryl methyl sites for hydroxylation is 1. The van der Waals surface area contributed by atoms with Gasteiger partial charge in [-0.25, -0.2) is 4.79 Å². The highest BCUT2D eigenvalue weighted by Gasteiger charge is 2.36. The Bertz CT molecular complexity index is 1440. The number of likely N-dealkylation sites (N-methyl/N-ethyl adjacent to an activating group) is 1. The van der Waals surface area contributed by atoms with E-state index in [0.29, 0.717) is 42.8 Å². The topological polar surface area (TPSA) is 105 Å². The molecule has 4 aliphatic rings. The molecule has 3 fully saturated rings. The fourth-order valence-electron chi connectivity index (χ4n) is 7.87. The summed E-state index contributed by atoms with van der Waals surface area (Å²) in [5.41, 5.74) is 9.63. The van der Waals surface area contributed by atoms with Gasteiger partial charge in [-0.15, -0.1) is 11.3 Å². The Labute approximate surface area is 288 Å². The van der Waals surface area contributed by atoms with Gasteiger partial charge in [-0.1, -0.05) is 24.6 Å². The van der Waals surface area contributed by atoms with Gasteiger partial charge in [0.05, 0.1) is 28.9 Å². The number of thiophene rings is 1. The van der Waals surface area contributed by atoms with Crippen LogP contribution in [0.5, 0.6) is 0 Å². The van der Waals surface area contributed by atoms with Crippen LogP contribution in [0.2, 0.25) is 5.02 Å². The van der Waals surface area contributed by atoms with Crippen molar-refractivity contribution < 1.29 is 14.4 Å². The molecule has 0 saturated carbocycles. The third-order valence-electron chi connectivity index (χ3n) is 10.8. The summed E-state index contributed by atoms with van der Waals surface area (Å²) in [5, 5.41) is 5.51. The van der Waals surface area contributed by atoms with Crippen LogP contribution in [0.25, 0.3) is 0 Å². The lowest BCUT2D eigenvalue weighted by molar-refractivity contribution is -0.143. The molecule has 256 valence electrons. The van der Waals surface area contributed by atoms with Gasteiger partial charge in [0.2, 0.25) is 11.8 Å². The smallest absolute Gasteiger partial charge is 0.322 e. The molecule has 0 bridgehead atoms. The van der Waals surface area contributed by atoms with E-state index in [9.17, 15) is 14.4 Å². The molecule has 47 heavy (non-hydrogen) atoms. The van der Waals surface area contributed by atoms with Gasteiger partial charge >= 0.3 is 6.03 Å². The van der Waals surface area contributed by atoms with Gasteiger partial charge in [-0.2, -0.15) is 0 Å². The van der Waals surface area contributed by atoms with Gasteiger partial charge in [0.15, 0.2) is 0 Å². The van der Waals surface area contributed by atoms with Gasteiger partial charge in [-0.05, 0) is 93.7 Å². The number of urea groups is 1. The number of hydrogen-bond donors (Lipinski definition) is 2. The molecule has 4 aliphatic heterocycles. The number of anilines is 2. The lowest BCUT2D eigenvalue weighted by Gasteiger charge is -2.41. The molecule has 1 aromatic carbocycles.